The van der Waals surface area contributed by atoms with Crippen molar-refractivity contribution in [1.29, 1.82) is 0 Å². The first-order chi connectivity index (χ1) is 11.2. The van der Waals surface area contributed by atoms with Gasteiger partial charge in [-0.1, -0.05) is 26.0 Å². The number of benzene rings is 1. The van der Waals surface area contributed by atoms with E-state index in [1.54, 1.807) is 32.0 Å². The van der Waals surface area contributed by atoms with Crippen molar-refractivity contribution in [2.45, 2.75) is 32.1 Å². The molecule has 1 aliphatic rings. The third-order valence-corrected chi connectivity index (χ3v) is 3.73. The number of nitrogens with zero attached hydrogens (tertiary/aromatic N) is 2. The molecule has 0 bridgehead atoms. The molecule has 0 fully saturated rings. The Balaban J connectivity index is 2.05. The van der Waals surface area contributed by atoms with Crippen LogP contribution in [0.1, 0.15) is 25.1 Å². The Labute approximate surface area is 135 Å². The minimum absolute atomic E-state index is 0.129. The number of halogens is 3. The van der Waals surface area contributed by atoms with Gasteiger partial charge in [-0.25, -0.2) is 9.55 Å². The number of rotatable bonds is 3. The number of carbonyl (C=O) groups is 2. The topological polar surface area (TPSA) is 76.0 Å². The molecule has 3 rings (SSSR count). The summed E-state index contributed by atoms with van der Waals surface area (Å²) in [5.74, 6) is -2.58. The Morgan fingerprint density at radius 1 is 1.38 bits per heavy atom. The third kappa shape index (κ3) is 2.31. The van der Waals surface area contributed by atoms with Crippen LogP contribution in [0.4, 0.5) is 19.1 Å². The van der Waals surface area contributed by atoms with Crippen molar-refractivity contribution in [2.24, 2.45) is 5.92 Å². The first-order valence-corrected chi connectivity index (χ1v) is 7.34. The maximum atomic E-state index is 13.7. The highest BCUT2D eigenvalue weighted by atomic mass is 19.4. The zero-order valence-electron chi connectivity index (χ0n) is 12.9. The van der Waals surface area contributed by atoms with Crippen LogP contribution in [0.15, 0.2) is 24.3 Å². The minimum atomic E-state index is -5.03. The third-order valence-electron chi connectivity index (χ3n) is 3.73. The Morgan fingerprint density at radius 3 is 2.67 bits per heavy atom. The lowest BCUT2D eigenvalue weighted by atomic mass is 10.1. The normalized spacial score (nSPS) is 20.3. The van der Waals surface area contributed by atoms with Crippen molar-refractivity contribution in [2.75, 3.05) is 5.32 Å². The highest BCUT2D eigenvalue weighted by Gasteiger charge is 2.66. The summed E-state index contributed by atoms with van der Waals surface area (Å²) in [6.07, 6.45) is -5.16. The van der Waals surface area contributed by atoms with Gasteiger partial charge in [0.2, 0.25) is 11.9 Å². The Hall–Kier alpha value is -2.58. The number of aromatic nitrogens is 2. The summed E-state index contributed by atoms with van der Waals surface area (Å²) in [5.41, 5.74) is -2.57. The number of para-hydroxylation sites is 2. The number of fused-ring (bicyclic) bond motifs is 3. The quantitative estimate of drug-likeness (QED) is 0.900. The zero-order valence-corrected chi connectivity index (χ0v) is 12.9. The minimum Gasteiger partial charge on any atom is -0.318 e. The van der Waals surface area contributed by atoms with E-state index >= 15 is 0 Å². The average Bonchev–Trinajstić information content (AvgIpc) is 2.93. The smallest absolute Gasteiger partial charge is 0.318 e. The fraction of sp³-hybridized carbons (Fsp3) is 0.400. The molecule has 1 aromatic heterocycles. The molecule has 1 amide bonds. The van der Waals surface area contributed by atoms with Crippen molar-refractivity contribution >= 4 is 28.8 Å². The predicted molar refractivity (Wildman–Crippen MR) is 80.4 cm³/mol. The van der Waals surface area contributed by atoms with E-state index in [9.17, 15) is 22.8 Å². The fourth-order valence-corrected chi connectivity index (χ4v) is 2.68. The van der Waals surface area contributed by atoms with E-state index in [2.05, 4.69) is 10.3 Å². The predicted octanol–water partition coefficient (Wildman–Crippen LogP) is 2.52. The molecular formula is C15H15F3N4O2. The molecule has 2 N–H and O–H groups in total. The van der Waals surface area contributed by atoms with Gasteiger partial charge in [0, 0.05) is 6.42 Å². The molecule has 0 aliphatic carbocycles. The van der Waals surface area contributed by atoms with Gasteiger partial charge in [0.05, 0.1) is 11.0 Å². The SMILES string of the molecule is CC(C)CC(=O)N[C@]1(C(F)(F)F)Nc2nc3ccccc3n2C1=O. The second-order valence-corrected chi connectivity index (χ2v) is 6.08. The van der Waals surface area contributed by atoms with E-state index in [4.69, 9.17) is 0 Å². The molecule has 0 spiro atoms. The van der Waals surface area contributed by atoms with Gasteiger partial charge in [0.25, 0.3) is 11.6 Å². The van der Waals surface area contributed by atoms with Gasteiger partial charge >= 0.3 is 6.18 Å². The number of nitrogens with one attached hydrogen (secondary N) is 2. The molecule has 24 heavy (non-hydrogen) atoms. The number of imidazole rings is 1. The molecule has 128 valence electrons. The highest BCUT2D eigenvalue weighted by molar-refractivity contribution is 6.06. The average molecular weight is 340 g/mol. The van der Waals surface area contributed by atoms with Crippen LogP contribution in [-0.4, -0.2) is 33.2 Å². The Kier molecular flexibility index (Phi) is 3.54. The lowest BCUT2D eigenvalue weighted by molar-refractivity contribution is -0.176. The van der Waals surface area contributed by atoms with Crippen molar-refractivity contribution < 1.29 is 22.8 Å². The zero-order chi connectivity index (χ0) is 17.7. The molecule has 0 radical (unpaired) electrons. The van der Waals surface area contributed by atoms with E-state index < -0.39 is 23.7 Å². The van der Waals surface area contributed by atoms with Crippen LogP contribution in [-0.2, 0) is 4.79 Å². The van der Waals surface area contributed by atoms with E-state index in [-0.39, 0.29) is 23.8 Å². The second-order valence-electron chi connectivity index (χ2n) is 6.08. The number of alkyl halides is 3. The first-order valence-electron chi connectivity index (χ1n) is 7.34. The van der Waals surface area contributed by atoms with E-state index in [1.165, 1.54) is 6.07 Å². The Morgan fingerprint density at radius 2 is 2.04 bits per heavy atom. The van der Waals surface area contributed by atoms with Gasteiger partial charge in [-0.2, -0.15) is 13.2 Å². The number of amides is 1. The van der Waals surface area contributed by atoms with Crippen LogP contribution in [0.3, 0.4) is 0 Å². The van der Waals surface area contributed by atoms with Crippen molar-refractivity contribution in [3.63, 3.8) is 0 Å². The van der Waals surface area contributed by atoms with Crippen LogP contribution >= 0.6 is 0 Å². The molecule has 0 unspecified atom stereocenters. The molecule has 2 heterocycles. The van der Waals surface area contributed by atoms with Crippen LogP contribution in [0, 0.1) is 5.92 Å². The summed E-state index contributed by atoms with van der Waals surface area (Å²) >= 11 is 0. The fourth-order valence-electron chi connectivity index (χ4n) is 2.68. The standard InChI is InChI=1S/C15H15F3N4O2/c1-8(2)7-11(23)20-14(15(16,17)18)12(24)22-10-6-4-3-5-9(10)19-13(22)21-14/h3-6,8H,7H2,1-2H3,(H,19,21)(H,20,23)/t14-/m0/s1. The molecule has 2 aromatic rings. The first kappa shape index (κ1) is 16.3. The van der Waals surface area contributed by atoms with Gasteiger partial charge in [-0.3, -0.25) is 9.59 Å². The monoisotopic (exact) mass is 340 g/mol. The summed E-state index contributed by atoms with van der Waals surface area (Å²) < 4.78 is 41.8. The molecule has 1 aliphatic heterocycles. The lowest BCUT2D eigenvalue weighted by Gasteiger charge is -2.30. The van der Waals surface area contributed by atoms with E-state index in [1.807, 2.05) is 5.32 Å². The van der Waals surface area contributed by atoms with Crippen LogP contribution in [0.5, 0.6) is 0 Å². The van der Waals surface area contributed by atoms with Crippen molar-refractivity contribution in [1.82, 2.24) is 14.9 Å². The summed E-state index contributed by atoms with van der Waals surface area (Å²) in [6.45, 7) is 3.39. The van der Waals surface area contributed by atoms with Crippen LogP contribution in [0.25, 0.3) is 11.0 Å². The van der Waals surface area contributed by atoms with Gasteiger partial charge in [-0.05, 0) is 18.1 Å². The van der Waals surface area contributed by atoms with Gasteiger partial charge in [-0.15, -0.1) is 0 Å². The van der Waals surface area contributed by atoms with Crippen LogP contribution < -0.4 is 10.6 Å². The van der Waals surface area contributed by atoms with E-state index in [0.29, 0.717) is 5.52 Å². The summed E-state index contributed by atoms with van der Waals surface area (Å²) in [6, 6.07) is 6.34. The Bertz CT molecular complexity index is 828. The van der Waals surface area contributed by atoms with Gasteiger partial charge in [0.15, 0.2) is 0 Å². The highest BCUT2D eigenvalue weighted by Crippen LogP contribution is 2.39. The number of hydrogen-bond acceptors (Lipinski definition) is 4. The second kappa shape index (κ2) is 5.22. The van der Waals surface area contributed by atoms with Gasteiger partial charge in [0.1, 0.15) is 0 Å². The summed E-state index contributed by atoms with van der Waals surface area (Å²) in [5, 5.41) is 3.90. The number of carbonyl (C=O) groups excluding carboxylic acids is 2. The molecule has 1 atom stereocenters. The maximum absolute atomic E-state index is 13.7. The largest absolute Gasteiger partial charge is 0.440 e. The number of anilines is 1. The lowest BCUT2D eigenvalue weighted by Crippen LogP contribution is -2.67. The maximum Gasteiger partial charge on any atom is 0.440 e. The van der Waals surface area contributed by atoms with Crippen molar-refractivity contribution in [3.8, 4) is 0 Å². The number of hydrogen-bond donors (Lipinski definition) is 2. The molecule has 9 heteroatoms. The van der Waals surface area contributed by atoms with Crippen molar-refractivity contribution in [3.05, 3.63) is 24.3 Å². The molecular weight excluding hydrogens is 325 g/mol. The van der Waals surface area contributed by atoms with Gasteiger partial charge < -0.3 is 10.6 Å². The molecule has 1 aromatic carbocycles. The molecule has 6 nitrogen and oxygen atoms in total. The molecule has 0 saturated heterocycles. The summed E-state index contributed by atoms with van der Waals surface area (Å²) in [7, 11) is 0. The summed E-state index contributed by atoms with van der Waals surface area (Å²) in [4.78, 5) is 28.5. The van der Waals surface area contributed by atoms with Crippen LogP contribution in [0.2, 0.25) is 0 Å². The van der Waals surface area contributed by atoms with E-state index in [0.717, 1.165) is 4.57 Å². The molecule has 0 saturated carbocycles.